The summed E-state index contributed by atoms with van der Waals surface area (Å²) in [6.45, 7) is 9.38. The Hall–Kier alpha value is -1.51. The Balaban J connectivity index is 3.18. The first-order valence-corrected chi connectivity index (χ1v) is 5.67. The zero-order valence-electron chi connectivity index (χ0n) is 10.8. The van der Waals surface area contributed by atoms with Crippen molar-refractivity contribution in [1.82, 2.24) is 0 Å². The molecule has 98 valence electrons. The molecule has 1 aromatic carbocycles. The summed E-state index contributed by atoms with van der Waals surface area (Å²) in [5, 5.41) is 0. The molecule has 0 saturated heterocycles. The quantitative estimate of drug-likeness (QED) is 0.643. The van der Waals surface area contributed by atoms with Crippen molar-refractivity contribution in [3.05, 3.63) is 54.1 Å². The Labute approximate surface area is 106 Å². The molecule has 0 aliphatic carbocycles. The topological polar surface area (TPSA) is 0 Å². The van der Waals surface area contributed by atoms with Crippen molar-refractivity contribution < 1.29 is 13.2 Å². The molecule has 1 rings (SSSR count). The molecule has 0 amide bonds. The van der Waals surface area contributed by atoms with Crippen molar-refractivity contribution in [3.8, 4) is 0 Å². The van der Waals surface area contributed by atoms with Crippen LogP contribution in [0.4, 0.5) is 13.2 Å². The van der Waals surface area contributed by atoms with Gasteiger partial charge in [0.15, 0.2) is 0 Å². The minimum atomic E-state index is -4.36. The van der Waals surface area contributed by atoms with Crippen molar-refractivity contribution in [1.29, 1.82) is 0 Å². The average molecular weight is 254 g/mol. The van der Waals surface area contributed by atoms with Gasteiger partial charge in [-0.25, -0.2) is 0 Å². The second kappa shape index (κ2) is 5.01. The van der Waals surface area contributed by atoms with E-state index in [2.05, 4.69) is 6.58 Å². The van der Waals surface area contributed by atoms with E-state index < -0.39 is 11.7 Å². The van der Waals surface area contributed by atoms with Crippen LogP contribution in [0.3, 0.4) is 0 Å². The van der Waals surface area contributed by atoms with Gasteiger partial charge in [0.05, 0.1) is 5.57 Å². The van der Waals surface area contributed by atoms with Crippen LogP contribution in [0.25, 0.3) is 5.57 Å². The van der Waals surface area contributed by atoms with Crippen LogP contribution in [0.15, 0.2) is 43.0 Å². The molecule has 18 heavy (non-hydrogen) atoms. The molecule has 0 N–H and O–H groups in total. The second-order valence-corrected chi connectivity index (χ2v) is 5.14. The molecule has 0 aliphatic rings. The Morgan fingerprint density at radius 1 is 1.06 bits per heavy atom. The summed E-state index contributed by atoms with van der Waals surface area (Å²) in [6.07, 6.45) is -2.22. The predicted octanol–water partition coefficient (Wildman–Crippen LogP) is 5.12. The van der Waals surface area contributed by atoms with Gasteiger partial charge < -0.3 is 0 Å². The third-order valence-electron chi connectivity index (χ3n) is 2.65. The summed E-state index contributed by atoms with van der Waals surface area (Å²) in [5.41, 5.74) is 0.429. The predicted molar refractivity (Wildman–Crippen MR) is 69.4 cm³/mol. The molecule has 0 bridgehead atoms. The van der Waals surface area contributed by atoms with E-state index in [-0.39, 0.29) is 11.0 Å². The zero-order chi connectivity index (χ0) is 14.0. The Morgan fingerprint density at radius 3 is 1.89 bits per heavy atom. The maximum atomic E-state index is 12.8. The van der Waals surface area contributed by atoms with E-state index in [0.717, 1.165) is 17.7 Å². The lowest BCUT2D eigenvalue weighted by atomic mass is 9.86. The number of hydrogen-bond donors (Lipinski definition) is 0. The SMILES string of the molecule is C=C/C=C(\c1ccc(C(C)(C)C)cc1)C(F)(F)F. The van der Waals surface area contributed by atoms with Gasteiger partial charge in [0.1, 0.15) is 0 Å². The summed E-state index contributed by atoms with van der Waals surface area (Å²) in [7, 11) is 0. The number of benzene rings is 1. The fourth-order valence-corrected chi connectivity index (χ4v) is 1.62. The molecular weight excluding hydrogens is 237 g/mol. The van der Waals surface area contributed by atoms with E-state index in [9.17, 15) is 13.2 Å². The highest BCUT2D eigenvalue weighted by Crippen LogP contribution is 2.34. The van der Waals surface area contributed by atoms with Gasteiger partial charge in [-0.1, -0.05) is 57.7 Å². The zero-order valence-corrected chi connectivity index (χ0v) is 10.8. The van der Waals surface area contributed by atoms with Gasteiger partial charge in [0.25, 0.3) is 0 Å². The first-order valence-electron chi connectivity index (χ1n) is 5.67. The largest absolute Gasteiger partial charge is 0.416 e. The third kappa shape index (κ3) is 3.49. The molecule has 0 aromatic heterocycles. The molecular formula is C15H17F3. The molecule has 0 fully saturated rings. The van der Waals surface area contributed by atoms with Crippen LogP contribution in [0.1, 0.15) is 31.9 Å². The van der Waals surface area contributed by atoms with Crippen molar-refractivity contribution in [2.24, 2.45) is 0 Å². The summed E-state index contributed by atoms with van der Waals surface area (Å²) in [5.74, 6) is 0. The van der Waals surface area contributed by atoms with Crippen LogP contribution in [-0.4, -0.2) is 6.18 Å². The van der Waals surface area contributed by atoms with Crippen molar-refractivity contribution in [3.63, 3.8) is 0 Å². The molecule has 0 spiro atoms. The van der Waals surface area contributed by atoms with E-state index in [1.165, 1.54) is 12.1 Å². The van der Waals surface area contributed by atoms with Crippen LogP contribution < -0.4 is 0 Å². The normalized spacial score (nSPS) is 13.6. The van der Waals surface area contributed by atoms with E-state index in [4.69, 9.17) is 0 Å². The highest BCUT2D eigenvalue weighted by molar-refractivity contribution is 5.71. The highest BCUT2D eigenvalue weighted by Gasteiger charge is 2.34. The van der Waals surface area contributed by atoms with Gasteiger partial charge >= 0.3 is 6.18 Å². The lowest BCUT2D eigenvalue weighted by molar-refractivity contribution is -0.0689. The average Bonchev–Trinajstić information content (AvgIpc) is 2.23. The number of hydrogen-bond acceptors (Lipinski definition) is 0. The lowest BCUT2D eigenvalue weighted by Crippen LogP contribution is -2.13. The fourth-order valence-electron chi connectivity index (χ4n) is 1.62. The number of alkyl halides is 3. The van der Waals surface area contributed by atoms with Crippen LogP contribution in [0.5, 0.6) is 0 Å². The van der Waals surface area contributed by atoms with Gasteiger partial charge in [-0.15, -0.1) is 0 Å². The van der Waals surface area contributed by atoms with Crippen LogP contribution in [0.2, 0.25) is 0 Å². The Kier molecular flexibility index (Phi) is 4.05. The minimum Gasteiger partial charge on any atom is -0.166 e. The molecule has 0 heterocycles. The summed E-state index contributed by atoms with van der Waals surface area (Å²) < 4.78 is 38.4. The molecule has 0 saturated carbocycles. The molecule has 0 aliphatic heterocycles. The molecule has 1 aromatic rings. The summed E-state index contributed by atoms with van der Waals surface area (Å²) >= 11 is 0. The molecule has 0 nitrogen and oxygen atoms in total. The number of allylic oxidation sites excluding steroid dienone is 3. The van der Waals surface area contributed by atoms with Crippen molar-refractivity contribution in [2.45, 2.75) is 32.4 Å². The van der Waals surface area contributed by atoms with Gasteiger partial charge in [-0.05, 0) is 22.6 Å². The van der Waals surface area contributed by atoms with E-state index >= 15 is 0 Å². The highest BCUT2D eigenvalue weighted by atomic mass is 19.4. The number of halogens is 3. The lowest BCUT2D eigenvalue weighted by Gasteiger charge is -2.20. The molecule has 0 atom stereocenters. The van der Waals surface area contributed by atoms with Crippen molar-refractivity contribution in [2.75, 3.05) is 0 Å². The number of rotatable bonds is 2. The van der Waals surface area contributed by atoms with E-state index in [1.54, 1.807) is 12.1 Å². The molecule has 0 unspecified atom stereocenters. The van der Waals surface area contributed by atoms with Crippen LogP contribution in [-0.2, 0) is 5.41 Å². The standard InChI is InChI=1S/C15H17F3/c1-5-6-13(15(16,17)18)11-7-9-12(10-8-11)14(2,3)4/h5-10H,1H2,2-4H3/b13-6+. The smallest absolute Gasteiger partial charge is 0.166 e. The molecule has 0 radical (unpaired) electrons. The van der Waals surface area contributed by atoms with Gasteiger partial charge in [0, 0.05) is 0 Å². The maximum Gasteiger partial charge on any atom is 0.416 e. The van der Waals surface area contributed by atoms with Gasteiger partial charge in [-0.2, -0.15) is 13.2 Å². The van der Waals surface area contributed by atoms with E-state index in [0.29, 0.717) is 0 Å². The second-order valence-electron chi connectivity index (χ2n) is 5.14. The first-order chi connectivity index (χ1) is 8.16. The van der Waals surface area contributed by atoms with Gasteiger partial charge in [0.2, 0.25) is 0 Å². The van der Waals surface area contributed by atoms with E-state index in [1.807, 2.05) is 20.8 Å². The maximum absolute atomic E-state index is 12.8. The third-order valence-corrected chi connectivity index (χ3v) is 2.65. The molecule has 3 heteroatoms. The van der Waals surface area contributed by atoms with Crippen LogP contribution >= 0.6 is 0 Å². The fraction of sp³-hybridized carbons (Fsp3) is 0.333. The summed E-state index contributed by atoms with van der Waals surface area (Å²) in [4.78, 5) is 0. The minimum absolute atomic E-state index is 0.0704. The van der Waals surface area contributed by atoms with Gasteiger partial charge in [-0.3, -0.25) is 0 Å². The van der Waals surface area contributed by atoms with Crippen LogP contribution in [0, 0.1) is 0 Å². The van der Waals surface area contributed by atoms with Crippen molar-refractivity contribution >= 4 is 5.57 Å². The monoisotopic (exact) mass is 254 g/mol. The first kappa shape index (κ1) is 14.6. The Morgan fingerprint density at radius 2 is 1.56 bits per heavy atom. The summed E-state index contributed by atoms with van der Waals surface area (Å²) in [6, 6.07) is 6.48. The Bertz CT molecular complexity index is 442.